The molecule has 5 heterocycles. The summed E-state index contributed by atoms with van der Waals surface area (Å²) in [6, 6.07) is 7.11. The van der Waals surface area contributed by atoms with Crippen LogP contribution < -0.4 is 9.80 Å². The lowest BCUT2D eigenvalue weighted by atomic mass is 10.1. The largest absolute Gasteiger partial charge is 0.461 e. The second-order valence-electron chi connectivity index (χ2n) is 7.60. The Morgan fingerprint density at radius 1 is 0.933 bits per heavy atom. The molecule has 0 atom stereocenters. The summed E-state index contributed by atoms with van der Waals surface area (Å²) in [7, 11) is 0. The van der Waals surface area contributed by atoms with Gasteiger partial charge in [0.1, 0.15) is 5.82 Å². The van der Waals surface area contributed by atoms with E-state index >= 15 is 0 Å². The number of piperidine rings is 1. The number of nitrogens with zero attached hydrogens (tertiary/aromatic N) is 6. The van der Waals surface area contributed by atoms with Gasteiger partial charge in [-0.25, -0.2) is 4.98 Å². The minimum atomic E-state index is -0.132. The monoisotopic (exact) mass is 408 g/mol. The minimum absolute atomic E-state index is 0.132. The summed E-state index contributed by atoms with van der Waals surface area (Å²) in [5.41, 5.74) is 0.296. The quantitative estimate of drug-likeness (QED) is 0.651. The molecule has 0 bridgehead atoms. The maximum atomic E-state index is 12.8. The number of anilines is 2. The Morgan fingerprint density at radius 3 is 2.53 bits per heavy atom. The summed E-state index contributed by atoms with van der Waals surface area (Å²) in [5, 5.41) is 3.92. The lowest BCUT2D eigenvalue weighted by Gasteiger charge is -2.35. The maximum Gasteiger partial charge on any atom is 0.276 e. The molecule has 2 aliphatic rings. The van der Waals surface area contributed by atoms with Crippen LogP contribution in [0.2, 0.25) is 0 Å². The number of carbonyl (C=O) groups is 1. The van der Waals surface area contributed by atoms with E-state index in [2.05, 4.69) is 19.9 Å². The first-order chi connectivity index (χ1) is 14.8. The van der Waals surface area contributed by atoms with Crippen LogP contribution in [0.5, 0.6) is 0 Å². The first-order valence-corrected chi connectivity index (χ1v) is 10.4. The Labute approximate surface area is 174 Å². The minimum Gasteiger partial charge on any atom is -0.461 e. The van der Waals surface area contributed by atoms with Gasteiger partial charge in [-0.2, -0.15) is 4.98 Å². The van der Waals surface area contributed by atoms with Crippen molar-refractivity contribution >= 4 is 17.7 Å². The van der Waals surface area contributed by atoms with Crippen LogP contribution in [0.3, 0.4) is 0 Å². The molecule has 9 heteroatoms. The molecular formula is C21H24N6O3. The molecule has 3 aromatic rings. The molecule has 30 heavy (non-hydrogen) atoms. The Bertz CT molecular complexity index is 988. The number of hydrogen-bond acceptors (Lipinski definition) is 8. The highest BCUT2D eigenvalue weighted by Crippen LogP contribution is 2.23. The average molecular weight is 408 g/mol. The predicted molar refractivity (Wildman–Crippen MR) is 110 cm³/mol. The summed E-state index contributed by atoms with van der Waals surface area (Å²) < 4.78 is 10.6. The van der Waals surface area contributed by atoms with Crippen LogP contribution in [0, 0.1) is 0 Å². The van der Waals surface area contributed by atoms with Gasteiger partial charge in [-0.15, -0.1) is 0 Å². The summed E-state index contributed by atoms with van der Waals surface area (Å²) in [4.78, 5) is 28.3. The summed E-state index contributed by atoms with van der Waals surface area (Å²) in [6.45, 7) is 4.67. The van der Waals surface area contributed by atoms with Crippen LogP contribution in [0.4, 0.5) is 11.8 Å². The molecule has 0 unspecified atom stereocenters. The van der Waals surface area contributed by atoms with Gasteiger partial charge in [0.25, 0.3) is 5.91 Å². The van der Waals surface area contributed by atoms with Gasteiger partial charge >= 0.3 is 0 Å². The smallest absolute Gasteiger partial charge is 0.276 e. The van der Waals surface area contributed by atoms with E-state index in [1.165, 1.54) is 19.3 Å². The molecule has 0 radical (unpaired) electrons. The highest BCUT2D eigenvalue weighted by Gasteiger charge is 2.26. The van der Waals surface area contributed by atoms with Crippen molar-refractivity contribution in [1.82, 2.24) is 20.0 Å². The van der Waals surface area contributed by atoms with Gasteiger partial charge in [0.05, 0.1) is 6.26 Å². The second-order valence-corrected chi connectivity index (χ2v) is 7.60. The van der Waals surface area contributed by atoms with E-state index in [1.807, 2.05) is 12.3 Å². The molecule has 1 amide bonds. The zero-order valence-corrected chi connectivity index (χ0v) is 16.7. The summed E-state index contributed by atoms with van der Waals surface area (Å²) >= 11 is 0. The van der Waals surface area contributed by atoms with Gasteiger partial charge in [0.15, 0.2) is 11.5 Å². The first-order valence-electron chi connectivity index (χ1n) is 10.4. The van der Waals surface area contributed by atoms with Crippen molar-refractivity contribution in [3.63, 3.8) is 0 Å². The third kappa shape index (κ3) is 3.74. The number of piperazine rings is 1. The Morgan fingerprint density at radius 2 is 1.77 bits per heavy atom. The van der Waals surface area contributed by atoms with Crippen molar-refractivity contribution in [2.45, 2.75) is 19.3 Å². The fourth-order valence-electron chi connectivity index (χ4n) is 3.97. The summed E-state index contributed by atoms with van der Waals surface area (Å²) in [5.74, 6) is 2.60. The summed E-state index contributed by atoms with van der Waals surface area (Å²) in [6.07, 6.45) is 7.05. The molecular weight excluding hydrogens is 384 g/mol. The lowest BCUT2D eigenvalue weighted by molar-refractivity contribution is 0.0736. The van der Waals surface area contributed by atoms with Crippen molar-refractivity contribution in [3.05, 3.63) is 42.4 Å². The number of hydrogen-bond donors (Lipinski definition) is 0. The van der Waals surface area contributed by atoms with E-state index in [4.69, 9.17) is 13.9 Å². The normalized spacial score (nSPS) is 17.4. The van der Waals surface area contributed by atoms with Gasteiger partial charge < -0.3 is 23.6 Å². The van der Waals surface area contributed by atoms with Gasteiger partial charge in [-0.1, -0.05) is 5.16 Å². The van der Waals surface area contributed by atoms with E-state index in [-0.39, 0.29) is 5.91 Å². The van der Waals surface area contributed by atoms with E-state index < -0.39 is 0 Å². The molecule has 0 aromatic carbocycles. The van der Waals surface area contributed by atoms with Crippen LogP contribution in [-0.4, -0.2) is 65.2 Å². The molecule has 0 N–H and O–H groups in total. The van der Waals surface area contributed by atoms with Crippen LogP contribution in [-0.2, 0) is 0 Å². The average Bonchev–Trinajstić information content (AvgIpc) is 3.52. The van der Waals surface area contributed by atoms with Crippen molar-refractivity contribution in [1.29, 1.82) is 0 Å². The van der Waals surface area contributed by atoms with Crippen LogP contribution in [0.15, 0.2) is 45.7 Å². The molecule has 2 fully saturated rings. The molecule has 5 rings (SSSR count). The topological polar surface area (TPSA) is 91.7 Å². The highest BCUT2D eigenvalue weighted by molar-refractivity contribution is 5.93. The molecule has 2 aliphatic heterocycles. The number of rotatable bonds is 4. The van der Waals surface area contributed by atoms with Crippen molar-refractivity contribution in [2.24, 2.45) is 0 Å². The molecule has 3 aromatic heterocycles. The van der Waals surface area contributed by atoms with Crippen molar-refractivity contribution < 1.29 is 13.7 Å². The molecule has 2 saturated heterocycles. The lowest BCUT2D eigenvalue weighted by Crippen LogP contribution is -2.49. The third-order valence-corrected chi connectivity index (χ3v) is 5.65. The fourth-order valence-corrected chi connectivity index (χ4v) is 3.97. The number of carbonyl (C=O) groups excluding carboxylic acids is 1. The highest BCUT2D eigenvalue weighted by atomic mass is 16.5. The molecule has 156 valence electrons. The van der Waals surface area contributed by atoms with Gasteiger partial charge in [0, 0.05) is 51.5 Å². The van der Waals surface area contributed by atoms with Gasteiger partial charge in [0.2, 0.25) is 11.7 Å². The van der Waals surface area contributed by atoms with E-state index in [0.717, 1.165) is 24.9 Å². The third-order valence-electron chi connectivity index (χ3n) is 5.65. The second kappa shape index (κ2) is 8.17. The molecule has 9 nitrogen and oxygen atoms in total. The van der Waals surface area contributed by atoms with E-state index in [0.29, 0.717) is 43.4 Å². The number of aromatic nitrogens is 3. The Hall–Kier alpha value is -3.36. The number of amides is 1. The van der Waals surface area contributed by atoms with Crippen LogP contribution in [0.1, 0.15) is 29.8 Å². The molecule has 0 aliphatic carbocycles. The Kier molecular flexibility index (Phi) is 5.08. The maximum absolute atomic E-state index is 12.8. The van der Waals surface area contributed by atoms with Crippen molar-refractivity contribution in [3.8, 4) is 11.5 Å². The zero-order chi connectivity index (χ0) is 20.3. The van der Waals surface area contributed by atoms with Gasteiger partial charge in [-0.05, 0) is 37.5 Å². The van der Waals surface area contributed by atoms with Gasteiger partial charge in [-0.3, -0.25) is 4.79 Å². The zero-order valence-electron chi connectivity index (χ0n) is 16.7. The van der Waals surface area contributed by atoms with Crippen molar-refractivity contribution in [2.75, 3.05) is 49.1 Å². The van der Waals surface area contributed by atoms with Crippen LogP contribution in [0.25, 0.3) is 11.5 Å². The first kappa shape index (κ1) is 18.7. The SMILES string of the molecule is O=C(c1cc(-c2ccco2)on1)N1CCN(c2ccnc(N3CCCCC3)n2)CC1. The Balaban J connectivity index is 1.22. The van der Waals surface area contributed by atoms with Crippen LogP contribution >= 0.6 is 0 Å². The fraction of sp³-hybridized carbons (Fsp3) is 0.429. The molecule has 0 spiro atoms. The standard InChI is InChI=1S/C21H24N6O3/c28-20(16-15-18(30-24-16)17-5-4-14-29-17)26-12-10-25(11-13-26)19-6-7-22-21(23-19)27-8-2-1-3-9-27/h4-7,14-15H,1-3,8-13H2. The van der Waals surface area contributed by atoms with E-state index in [9.17, 15) is 4.79 Å². The number of furan rings is 1. The van der Waals surface area contributed by atoms with E-state index in [1.54, 1.807) is 29.4 Å². The molecule has 0 saturated carbocycles. The predicted octanol–water partition coefficient (Wildman–Crippen LogP) is 2.68.